The van der Waals surface area contributed by atoms with E-state index in [4.69, 9.17) is 10.8 Å². The van der Waals surface area contributed by atoms with Gasteiger partial charge in [-0.3, -0.25) is 0 Å². The summed E-state index contributed by atoms with van der Waals surface area (Å²) < 4.78 is 0. The number of benzene rings is 1. The lowest BCUT2D eigenvalue weighted by Gasteiger charge is -2.06. The molecule has 0 aliphatic rings. The molecule has 0 aromatic heterocycles. The summed E-state index contributed by atoms with van der Waals surface area (Å²) in [7, 11) is 0. The Morgan fingerprint density at radius 3 is 2.36 bits per heavy atom. The van der Waals surface area contributed by atoms with Crippen molar-refractivity contribution in [3.8, 4) is 0 Å². The molecule has 0 bridgehead atoms. The first-order valence-electron chi connectivity index (χ1n) is 5.22. The molecule has 0 spiro atoms. The zero-order valence-corrected chi connectivity index (χ0v) is 8.79. The Bertz CT molecular complexity index is 261. The van der Waals surface area contributed by atoms with E-state index in [0.29, 0.717) is 6.54 Å². The van der Waals surface area contributed by atoms with Crippen LogP contribution in [0, 0.1) is 0 Å². The van der Waals surface area contributed by atoms with Crippen LogP contribution in [0.1, 0.15) is 30.0 Å². The van der Waals surface area contributed by atoms with Crippen LogP contribution in [0.15, 0.2) is 18.2 Å². The molecule has 0 radical (unpaired) electrons. The molecule has 1 aromatic carbocycles. The molecule has 0 atom stereocenters. The van der Waals surface area contributed by atoms with Crippen LogP contribution in [0.3, 0.4) is 0 Å². The summed E-state index contributed by atoms with van der Waals surface area (Å²) in [6.07, 6.45) is 2.81. The molecule has 0 amide bonds. The monoisotopic (exact) mass is 193 g/mol. The maximum absolute atomic E-state index is 8.76. The third-order valence-corrected chi connectivity index (χ3v) is 2.38. The van der Waals surface area contributed by atoms with E-state index in [9.17, 15) is 0 Å². The minimum absolute atomic E-state index is 0.258. The number of aliphatic hydroxyl groups is 1. The molecule has 2 nitrogen and oxygen atoms in total. The average molecular weight is 193 g/mol. The van der Waals surface area contributed by atoms with Gasteiger partial charge in [0.2, 0.25) is 0 Å². The van der Waals surface area contributed by atoms with Gasteiger partial charge < -0.3 is 10.8 Å². The van der Waals surface area contributed by atoms with E-state index in [0.717, 1.165) is 19.3 Å². The number of hydrogen-bond acceptors (Lipinski definition) is 2. The molecule has 0 fully saturated rings. The van der Waals surface area contributed by atoms with Gasteiger partial charge in [0.1, 0.15) is 0 Å². The molecule has 3 N–H and O–H groups in total. The van der Waals surface area contributed by atoms with Crippen LogP contribution in [0.5, 0.6) is 0 Å². The van der Waals surface area contributed by atoms with Crippen LogP contribution < -0.4 is 5.73 Å². The number of rotatable bonds is 5. The predicted molar refractivity (Wildman–Crippen MR) is 59.1 cm³/mol. The molecule has 78 valence electrons. The molecule has 0 unspecified atom stereocenters. The van der Waals surface area contributed by atoms with E-state index in [1.165, 1.54) is 16.7 Å². The van der Waals surface area contributed by atoms with Crippen molar-refractivity contribution in [3.63, 3.8) is 0 Å². The Balaban J connectivity index is 2.81. The van der Waals surface area contributed by atoms with Gasteiger partial charge in [-0.2, -0.15) is 0 Å². The van der Waals surface area contributed by atoms with E-state index in [2.05, 4.69) is 25.1 Å². The fourth-order valence-electron chi connectivity index (χ4n) is 1.59. The van der Waals surface area contributed by atoms with Gasteiger partial charge >= 0.3 is 0 Å². The largest absolute Gasteiger partial charge is 0.396 e. The lowest BCUT2D eigenvalue weighted by atomic mass is 10.0. The van der Waals surface area contributed by atoms with Gasteiger partial charge in [-0.25, -0.2) is 0 Å². The summed E-state index contributed by atoms with van der Waals surface area (Å²) in [5, 5.41) is 8.76. The Morgan fingerprint density at radius 2 is 1.79 bits per heavy atom. The topological polar surface area (TPSA) is 46.2 Å². The quantitative estimate of drug-likeness (QED) is 0.746. The van der Waals surface area contributed by atoms with E-state index in [1.54, 1.807) is 0 Å². The first-order valence-corrected chi connectivity index (χ1v) is 5.22. The first kappa shape index (κ1) is 11.2. The SMILES string of the molecule is CCc1cc(CN)cc(CCCO)c1. The van der Waals surface area contributed by atoms with Crippen LogP contribution in [0.4, 0.5) is 0 Å². The summed E-state index contributed by atoms with van der Waals surface area (Å²) in [4.78, 5) is 0. The molecular weight excluding hydrogens is 174 g/mol. The highest BCUT2D eigenvalue weighted by Crippen LogP contribution is 2.12. The molecule has 1 rings (SSSR count). The van der Waals surface area contributed by atoms with Gasteiger partial charge in [-0.05, 0) is 36.0 Å². The van der Waals surface area contributed by atoms with Crippen molar-refractivity contribution >= 4 is 0 Å². The minimum Gasteiger partial charge on any atom is -0.396 e. The Morgan fingerprint density at radius 1 is 1.14 bits per heavy atom. The summed E-state index contributed by atoms with van der Waals surface area (Å²) in [5.41, 5.74) is 9.44. The highest BCUT2D eigenvalue weighted by atomic mass is 16.2. The molecule has 0 saturated carbocycles. The van der Waals surface area contributed by atoms with Crippen molar-refractivity contribution in [2.24, 2.45) is 5.73 Å². The second kappa shape index (κ2) is 5.78. The highest BCUT2D eigenvalue weighted by molar-refractivity contribution is 5.30. The van der Waals surface area contributed by atoms with E-state index in [-0.39, 0.29) is 6.61 Å². The number of aliphatic hydroxyl groups excluding tert-OH is 1. The maximum atomic E-state index is 8.76. The van der Waals surface area contributed by atoms with E-state index in [1.807, 2.05) is 0 Å². The van der Waals surface area contributed by atoms with Crippen molar-refractivity contribution in [1.29, 1.82) is 0 Å². The van der Waals surface area contributed by atoms with Crippen molar-refractivity contribution in [1.82, 2.24) is 0 Å². The molecule has 0 aliphatic carbocycles. The smallest absolute Gasteiger partial charge is 0.0434 e. The minimum atomic E-state index is 0.258. The highest BCUT2D eigenvalue weighted by Gasteiger charge is 1.99. The Hall–Kier alpha value is -0.860. The van der Waals surface area contributed by atoms with E-state index < -0.39 is 0 Å². The summed E-state index contributed by atoms with van der Waals surface area (Å²) in [5.74, 6) is 0. The Labute approximate surface area is 85.8 Å². The number of nitrogens with two attached hydrogens (primary N) is 1. The normalized spacial score (nSPS) is 10.5. The third kappa shape index (κ3) is 3.13. The van der Waals surface area contributed by atoms with Crippen LogP contribution in [0.2, 0.25) is 0 Å². The van der Waals surface area contributed by atoms with Crippen LogP contribution in [0.25, 0.3) is 0 Å². The summed E-state index contributed by atoms with van der Waals surface area (Å²) in [6, 6.07) is 6.49. The van der Waals surface area contributed by atoms with Crippen LogP contribution in [-0.4, -0.2) is 11.7 Å². The average Bonchev–Trinajstić information content (AvgIpc) is 2.25. The molecule has 0 saturated heterocycles. The molecular formula is C12H19NO. The zero-order chi connectivity index (χ0) is 10.4. The molecule has 14 heavy (non-hydrogen) atoms. The van der Waals surface area contributed by atoms with Gasteiger partial charge in [0, 0.05) is 13.2 Å². The van der Waals surface area contributed by atoms with Gasteiger partial charge in [0.15, 0.2) is 0 Å². The lowest BCUT2D eigenvalue weighted by Crippen LogP contribution is -2.00. The zero-order valence-electron chi connectivity index (χ0n) is 8.79. The molecule has 1 aromatic rings. The van der Waals surface area contributed by atoms with Gasteiger partial charge in [0.05, 0.1) is 0 Å². The predicted octanol–water partition coefficient (Wildman–Crippen LogP) is 1.63. The van der Waals surface area contributed by atoms with Crippen molar-refractivity contribution in [2.45, 2.75) is 32.7 Å². The number of hydrogen-bond donors (Lipinski definition) is 2. The second-order valence-electron chi connectivity index (χ2n) is 3.54. The standard InChI is InChI=1S/C12H19NO/c1-2-10-6-11(4-3-5-14)8-12(7-10)9-13/h6-8,14H,2-5,9,13H2,1H3. The molecule has 0 heterocycles. The van der Waals surface area contributed by atoms with Crippen molar-refractivity contribution in [3.05, 3.63) is 34.9 Å². The van der Waals surface area contributed by atoms with Crippen molar-refractivity contribution < 1.29 is 5.11 Å². The lowest BCUT2D eigenvalue weighted by molar-refractivity contribution is 0.288. The van der Waals surface area contributed by atoms with Crippen LogP contribution >= 0.6 is 0 Å². The summed E-state index contributed by atoms with van der Waals surface area (Å²) >= 11 is 0. The van der Waals surface area contributed by atoms with E-state index >= 15 is 0 Å². The Kier molecular flexibility index (Phi) is 4.63. The molecule has 0 aliphatic heterocycles. The molecule has 2 heteroatoms. The van der Waals surface area contributed by atoms with Gasteiger partial charge in [-0.15, -0.1) is 0 Å². The van der Waals surface area contributed by atoms with Crippen LogP contribution in [-0.2, 0) is 19.4 Å². The maximum Gasteiger partial charge on any atom is 0.0434 e. The third-order valence-electron chi connectivity index (χ3n) is 2.38. The first-order chi connectivity index (χ1) is 6.80. The van der Waals surface area contributed by atoms with Crippen molar-refractivity contribution in [2.75, 3.05) is 6.61 Å². The second-order valence-corrected chi connectivity index (χ2v) is 3.54. The van der Waals surface area contributed by atoms with Gasteiger partial charge in [-0.1, -0.05) is 25.1 Å². The van der Waals surface area contributed by atoms with Gasteiger partial charge in [0.25, 0.3) is 0 Å². The number of aryl methyl sites for hydroxylation is 2. The fraction of sp³-hybridized carbons (Fsp3) is 0.500. The fourth-order valence-corrected chi connectivity index (χ4v) is 1.59. The summed E-state index contributed by atoms with van der Waals surface area (Å²) in [6.45, 7) is 3.00.